The van der Waals surface area contributed by atoms with Gasteiger partial charge in [0.05, 0.1) is 0 Å². The number of pyridine rings is 1. The first kappa shape index (κ1) is 15.6. The average Bonchev–Trinajstić information content (AvgIpc) is 3.18. The van der Waals surface area contributed by atoms with Gasteiger partial charge < -0.3 is 9.26 Å². The molecule has 0 radical (unpaired) electrons. The van der Waals surface area contributed by atoms with Crippen LogP contribution >= 0.6 is 0 Å². The minimum absolute atomic E-state index is 0.247. The third-order valence-electron chi connectivity index (χ3n) is 3.59. The van der Waals surface area contributed by atoms with Gasteiger partial charge in [-0.25, -0.2) is 0 Å². The first-order valence-corrected chi connectivity index (χ1v) is 7.86. The van der Waals surface area contributed by atoms with E-state index in [1.807, 2.05) is 32.9 Å². The van der Waals surface area contributed by atoms with Crippen molar-refractivity contribution in [2.45, 2.75) is 51.6 Å². The number of carbonyl (C=O) groups excluding carboxylic acids is 1. The predicted octanol–water partition coefficient (Wildman–Crippen LogP) is 2.89. The lowest BCUT2D eigenvalue weighted by Gasteiger charge is -2.22. The lowest BCUT2D eigenvalue weighted by atomic mass is 10.0. The zero-order valence-corrected chi connectivity index (χ0v) is 13.7. The molecule has 23 heavy (non-hydrogen) atoms. The molecule has 0 spiro atoms. The fraction of sp³-hybridized carbons (Fsp3) is 0.529. The Bertz CT molecular complexity index is 672. The monoisotopic (exact) mass is 315 g/mol. The number of rotatable bonds is 5. The van der Waals surface area contributed by atoms with Crippen LogP contribution in [0.15, 0.2) is 29.0 Å². The van der Waals surface area contributed by atoms with E-state index in [1.165, 1.54) is 0 Å². The Morgan fingerprint density at radius 1 is 1.43 bits per heavy atom. The van der Waals surface area contributed by atoms with Crippen molar-refractivity contribution >= 4 is 5.97 Å². The van der Waals surface area contributed by atoms with Crippen LogP contribution in [0.2, 0.25) is 0 Å². The second-order valence-corrected chi connectivity index (χ2v) is 6.94. The molecular formula is C17H21N3O3. The first-order chi connectivity index (χ1) is 10.9. The van der Waals surface area contributed by atoms with Gasteiger partial charge in [-0.1, -0.05) is 11.2 Å². The van der Waals surface area contributed by atoms with Gasteiger partial charge in [-0.05, 0) is 51.2 Å². The first-order valence-electron chi connectivity index (χ1n) is 7.86. The Balaban J connectivity index is 1.75. The number of nitrogens with zero attached hydrogens (tertiary/aromatic N) is 3. The van der Waals surface area contributed by atoms with Crippen LogP contribution in [-0.4, -0.2) is 26.7 Å². The van der Waals surface area contributed by atoms with Crippen LogP contribution in [0.4, 0.5) is 0 Å². The van der Waals surface area contributed by atoms with E-state index in [9.17, 15) is 4.79 Å². The van der Waals surface area contributed by atoms with Gasteiger partial charge in [0.1, 0.15) is 11.5 Å². The van der Waals surface area contributed by atoms with Crippen molar-refractivity contribution in [3.05, 3.63) is 41.8 Å². The number of carbonyl (C=O) groups is 1. The lowest BCUT2D eigenvalue weighted by Crippen LogP contribution is -2.28. The molecule has 0 aromatic carbocycles. The Kier molecular flexibility index (Phi) is 4.15. The van der Waals surface area contributed by atoms with Crippen molar-refractivity contribution in [1.82, 2.24) is 15.1 Å². The van der Waals surface area contributed by atoms with E-state index < -0.39 is 11.5 Å². The van der Waals surface area contributed by atoms with Crippen LogP contribution in [0.1, 0.15) is 56.8 Å². The quantitative estimate of drug-likeness (QED) is 0.789. The van der Waals surface area contributed by atoms with Crippen LogP contribution in [0.25, 0.3) is 0 Å². The number of hydrogen-bond donors (Lipinski definition) is 0. The van der Waals surface area contributed by atoms with Crippen molar-refractivity contribution in [2.75, 3.05) is 0 Å². The van der Waals surface area contributed by atoms with Gasteiger partial charge in [-0.3, -0.25) is 9.78 Å². The highest BCUT2D eigenvalue weighted by molar-refractivity contribution is 5.78. The minimum atomic E-state index is -0.525. The molecule has 3 rings (SSSR count). The Morgan fingerprint density at radius 2 is 2.22 bits per heavy atom. The number of hydrogen-bond acceptors (Lipinski definition) is 6. The van der Waals surface area contributed by atoms with Crippen LogP contribution in [0.5, 0.6) is 0 Å². The highest BCUT2D eigenvalue weighted by atomic mass is 16.6. The molecule has 122 valence electrons. The molecule has 0 bridgehead atoms. The van der Waals surface area contributed by atoms with E-state index in [4.69, 9.17) is 9.26 Å². The number of ether oxygens (including phenoxy) is 1. The van der Waals surface area contributed by atoms with Gasteiger partial charge in [-0.15, -0.1) is 0 Å². The molecule has 6 nitrogen and oxygen atoms in total. The summed E-state index contributed by atoms with van der Waals surface area (Å²) in [6.07, 6.45) is 6.00. The minimum Gasteiger partial charge on any atom is -0.459 e. The maximum atomic E-state index is 12.4. The molecule has 0 amide bonds. The van der Waals surface area contributed by atoms with Gasteiger partial charge in [0.25, 0.3) is 0 Å². The molecule has 0 aliphatic heterocycles. The SMILES string of the molecule is CC(C)(C)OC(=O)C(c1nc(Cc2cccnc2)no1)C1CC1. The predicted molar refractivity (Wildman–Crippen MR) is 82.7 cm³/mol. The summed E-state index contributed by atoms with van der Waals surface area (Å²) >= 11 is 0. The van der Waals surface area contributed by atoms with Crippen molar-refractivity contribution in [2.24, 2.45) is 5.92 Å². The highest BCUT2D eigenvalue weighted by Gasteiger charge is 2.43. The van der Waals surface area contributed by atoms with Gasteiger partial charge >= 0.3 is 5.97 Å². The van der Waals surface area contributed by atoms with Crippen molar-refractivity contribution in [1.29, 1.82) is 0 Å². The molecule has 2 heterocycles. The number of esters is 1. The second-order valence-electron chi connectivity index (χ2n) is 6.94. The van der Waals surface area contributed by atoms with Gasteiger partial charge in [0.2, 0.25) is 5.89 Å². The van der Waals surface area contributed by atoms with E-state index in [2.05, 4.69) is 15.1 Å². The maximum absolute atomic E-state index is 12.4. The zero-order chi connectivity index (χ0) is 16.4. The van der Waals surface area contributed by atoms with E-state index in [-0.39, 0.29) is 11.9 Å². The van der Waals surface area contributed by atoms with Crippen LogP contribution in [-0.2, 0) is 16.0 Å². The number of aromatic nitrogens is 3. The summed E-state index contributed by atoms with van der Waals surface area (Å²) < 4.78 is 10.9. The molecule has 1 aliphatic rings. The summed E-state index contributed by atoms with van der Waals surface area (Å²) in [5.74, 6) is 0.431. The zero-order valence-electron chi connectivity index (χ0n) is 13.7. The average molecular weight is 315 g/mol. The fourth-order valence-electron chi connectivity index (χ4n) is 2.44. The summed E-state index contributed by atoms with van der Waals surface area (Å²) in [7, 11) is 0. The van der Waals surface area contributed by atoms with Crippen LogP contribution < -0.4 is 0 Å². The summed E-state index contributed by atoms with van der Waals surface area (Å²) in [4.78, 5) is 20.9. The Labute approximate surface area is 135 Å². The molecule has 1 saturated carbocycles. The van der Waals surface area contributed by atoms with Crippen molar-refractivity contribution in [3.63, 3.8) is 0 Å². The van der Waals surface area contributed by atoms with Gasteiger partial charge in [-0.2, -0.15) is 4.98 Å². The molecule has 2 aromatic heterocycles. The van der Waals surface area contributed by atoms with Gasteiger partial charge in [0, 0.05) is 18.8 Å². The van der Waals surface area contributed by atoms with Gasteiger partial charge in [0.15, 0.2) is 5.82 Å². The summed E-state index contributed by atoms with van der Waals surface area (Å²) in [5.41, 5.74) is 0.475. The molecule has 2 aromatic rings. The molecule has 1 fully saturated rings. The molecule has 1 atom stereocenters. The fourth-order valence-corrected chi connectivity index (χ4v) is 2.44. The van der Waals surface area contributed by atoms with Crippen LogP contribution in [0.3, 0.4) is 0 Å². The molecule has 1 unspecified atom stereocenters. The molecule has 6 heteroatoms. The molecular weight excluding hydrogens is 294 g/mol. The Morgan fingerprint density at radius 3 is 2.83 bits per heavy atom. The highest BCUT2D eigenvalue weighted by Crippen LogP contribution is 2.43. The Hall–Kier alpha value is -2.24. The molecule has 0 N–H and O–H groups in total. The standard InChI is InChI=1S/C17H21N3O3/c1-17(2,3)22-16(21)14(12-6-7-12)15-19-13(20-23-15)9-11-5-4-8-18-10-11/h4-5,8,10,12,14H,6-7,9H2,1-3H3. The van der Waals surface area contributed by atoms with E-state index in [0.717, 1.165) is 18.4 Å². The summed E-state index contributed by atoms with van der Waals surface area (Å²) in [6, 6.07) is 3.82. The summed E-state index contributed by atoms with van der Waals surface area (Å²) in [6.45, 7) is 5.57. The largest absolute Gasteiger partial charge is 0.459 e. The topological polar surface area (TPSA) is 78.1 Å². The third-order valence-corrected chi connectivity index (χ3v) is 3.59. The molecule has 0 saturated heterocycles. The van der Waals surface area contributed by atoms with E-state index in [0.29, 0.717) is 18.1 Å². The molecule has 1 aliphatic carbocycles. The lowest BCUT2D eigenvalue weighted by molar-refractivity contribution is -0.158. The maximum Gasteiger partial charge on any atom is 0.319 e. The van der Waals surface area contributed by atoms with Crippen LogP contribution in [0, 0.1) is 5.92 Å². The second kappa shape index (κ2) is 6.10. The summed E-state index contributed by atoms with van der Waals surface area (Å²) in [5, 5.41) is 4.00. The third kappa shape index (κ3) is 4.15. The smallest absolute Gasteiger partial charge is 0.319 e. The van der Waals surface area contributed by atoms with E-state index in [1.54, 1.807) is 12.4 Å². The van der Waals surface area contributed by atoms with E-state index >= 15 is 0 Å². The normalized spacial score (nSPS) is 16.1. The van der Waals surface area contributed by atoms with Crippen molar-refractivity contribution in [3.8, 4) is 0 Å². The van der Waals surface area contributed by atoms with Crippen molar-refractivity contribution < 1.29 is 14.1 Å².